The third kappa shape index (κ3) is 4.43. The van der Waals surface area contributed by atoms with E-state index in [9.17, 15) is 8.42 Å². The Morgan fingerprint density at radius 3 is 2.58 bits per heavy atom. The molecule has 0 aliphatic carbocycles. The van der Waals surface area contributed by atoms with Crippen molar-refractivity contribution in [2.75, 3.05) is 13.7 Å². The zero-order valence-electron chi connectivity index (χ0n) is 11.1. The second kappa shape index (κ2) is 6.19. The van der Waals surface area contributed by atoms with Crippen LogP contribution in [0.2, 0.25) is 5.02 Å². The summed E-state index contributed by atoms with van der Waals surface area (Å²) in [4.78, 5) is 0.0603. The maximum Gasteiger partial charge on any atom is 0.241 e. The molecule has 0 aliphatic heterocycles. The van der Waals surface area contributed by atoms with Gasteiger partial charge in [0.25, 0.3) is 0 Å². The Kier molecular flexibility index (Phi) is 5.34. The first-order chi connectivity index (χ1) is 8.72. The van der Waals surface area contributed by atoms with Gasteiger partial charge in [0.1, 0.15) is 0 Å². The molecule has 7 heteroatoms. The molecular weight excluding hydrogens is 290 g/mol. The second-order valence-electron chi connectivity index (χ2n) is 4.83. The van der Waals surface area contributed by atoms with Gasteiger partial charge in [-0.1, -0.05) is 11.6 Å². The fraction of sp³-hybridized carbons (Fsp3) is 0.500. The molecule has 0 saturated carbocycles. The smallest absolute Gasteiger partial charge is 0.241 e. The normalized spacial score (nSPS) is 12.7. The molecule has 0 fully saturated rings. The van der Waals surface area contributed by atoms with E-state index in [1.54, 1.807) is 13.8 Å². The number of aliphatic hydroxyl groups excluding tert-OH is 1. The summed E-state index contributed by atoms with van der Waals surface area (Å²) in [5.41, 5.74) is -0.360. The Morgan fingerprint density at radius 2 is 2.05 bits per heavy atom. The Labute approximate surface area is 118 Å². The molecule has 2 N–H and O–H groups in total. The Morgan fingerprint density at radius 1 is 1.42 bits per heavy atom. The van der Waals surface area contributed by atoms with Crippen molar-refractivity contribution in [2.24, 2.45) is 0 Å². The lowest BCUT2D eigenvalue weighted by Gasteiger charge is -2.25. The number of hydrogen-bond acceptors (Lipinski definition) is 4. The van der Waals surface area contributed by atoms with Gasteiger partial charge in [-0.25, -0.2) is 13.1 Å². The fourth-order valence-electron chi connectivity index (χ4n) is 1.65. The lowest BCUT2D eigenvalue weighted by molar-refractivity contribution is 0.141. The Balaban J connectivity index is 3.07. The molecule has 0 aromatic heterocycles. The predicted molar refractivity (Wildman–Crippen MR) is 73.7 cm³/mol. The minimum Gasteiger partial charge on any atom is -0.392 e. The number of rotatable bonds is 6. The van der Waals surface area contributed by atoms with Crippen LogP contribution in [-0.4, -0.2) is 32.8 Å². The van der Waals surface area contributed by atoms with Gasteiger partial charge < -0.3 is 9.84 Å². The molecule has 0 amide bonds. The predicted octanol–water partition coefficient (Wildman–Crippen LogP) is 1.54. The van der Waals surface area contributed by atoms with E-state index in [0.29, 0.717) is 10.6 Å². The monoisotopic (exact) mass is 307 g/mol. The third-order valence-corrected chi connectivity index (χ3v) is 4.48. The van der Waals surface area contributed by atoms with Crippen molar-refractivity contribution in [1.29, 1.82) is 0 Å². The van der Waals surface area contributed by atoms with Gasteiger partial charge >= 0.3 is 0 Å². The average Bonchev–Trinajstić information content (AvgIpc) is 2.27. The van der Waals surface area contributed by atoms with Gasteiger partial charge in [0.05, 0.1) is 23.6 Å². The maximum absolute atomic E-state index is 12.2. The van der Waals surface area contributed by atoms with Crippen molar-refractivity contribution in [1.82, 2.24) is 4.72 Å². The molecule has 0 spiro atoms. The van der Waals surface area contributed by atoms with E-state index < -0.39 is 15.6 Å². The lowest BCUT2D eigenvalue weighted by atomic mass is 10.1. The van der Waals surface area contributed by atoms with Crippen LogP contribution in [0.1, 0.15) is 19.4 Å². The molecule has 0 aliphatic rings. The van der Waals surface area contributed by atoms with Gasteiger partial charge in [0, 0.05) is 12.1 Å². The summed E-state index contributed by atoms with van der Waals surface area (Å²) in [6, 6.07) is 4.20. The molecule has 0 heterocycles. The van der Waals surface area contributed by atoms with E-state index >= 15 is 0 Å². The molecular formula is C12H18ClNO4S. The highest BCUT2D eigenvalue weighted by Gasteiger charge is 2.26. The van der Waals surface area contributed by atoms with Crippen LogP contribution in [0.25, 0.3) is 0 Å². The first-order valence-corrected chi connectivity index (χ1v) is 7.50. The van der Waals surface area contributed by atoms with Crippen LogP contribution in [0, 0.1) is 0 Å². The summed E-state index contributed by atoms with van der Waals surface area (Å²) in [6.07, 6.45) is 0. The van der Waals surface area contributed by atoms with Crippen molar-refractivity contribution in [2.45, 2.75) is 30.9 Å². The van der Waals surface area contributed by atoms with Crippen molar-refractivity contribution in [3.8, 4) is 0 Å². The molecule has 108 valence electrons. The number of nitrogens with one attached hydrogen (secondary N) is 1. The molecule has 0 atom stereocenters. The molecule has 0 bridgehead atoms. The minimum atomic E-state index is -3.69. The van der Waals surface area contributed by atoms with Crippen molar-refractivity contribution in [3.63, 3.8) is 0 Å². The van der Waals surface area contributed by atoms with E-state index in [4.69, 9.17) is 21.4 Å². The number of sulfonamides is 1. The highest BCUT2D eigenvalue weighted by molar-refractivity contribution is 7.89. The highest BCUT2D eigenvalue weighted by atomic mass is 35.5. The molecule has 1 aromatic carbocycles. The van der Waals surface area contributed by atoms with Gasteiger partial charge in [-0.05, 0) is 37.6 Å². The van der Waals surface area contributed by atoms with Gasteiger partial charge in [-0.2, -0.15) is 0 Å². The number of ether oxygens (including phenoxy) is 1. The number of hydrogen-bond donors (Lipinski definition) is 2. The molecule has 0 radical (unpaired) electrons. The van der Waals surface area contributed by atoms with E-state index in [-0.39, 0.29) is 18.1 Å². The van der Waals surface area contributed by atoms with Gasteiger partial charge in [-0.3, -0.25) is 0 Å². The van der Waals surface area contributed by atoms with Crippen LogP contribution in [0.4, 0.5) is 0 Å². The third-order valence-electron chi connectivity index (χ3n) is 2.41. The van der Waals surface area contributed by atoms with Crippen molar-refractivity contribution < 1.29 is 18.3 Å². The Hall–Kier alpha value is -0.660. The number of halogens is 1. The zero-order valence-corrected chi connectivity index (χ0v) is 12.7. The maximum atomic E-state index is 12.2. The van der Waals surface area contributed by atoms with E-state index in [1.807, 2.05) is 0 Å². The largest absolute Gasteiger partial charge is 0.392 e. The van der Waals surface area contributed by atoms with E-state index in [2.05, 4.69) is 4.72 Å². The SMILES string of the molecule is COCC(C)(C)NS(=O)(=O)c1ccc(Cl)c(CO)c1. The zero-order chi connectivity index (χ0) is 14.7. The van der Waals surface area contributed by atoms with Crippen LogP contribution >= 0.6 is 11.6 Å². The topological polar surface area (TPSA) is 75.6 Å². The Bertz CT molecular complexity index is 543. The van der Waals surface area contributed by atoms with E-state index in [0.717, 1.165) is 0 Å². The standard InChI is InChI=1S/C12H18ClNO4S/c1-12(2,8-18-3)14-19(16,17)10-4-5-11(13)9(6-10)7-15/h4-6,14-15H,7-8H2,1-3H3. The quantitative estimate of drug-likeness (QED) is 0.836. The number of aliphatic hydroxyl groups is 1. The molecule has 19 heavy (non-hydrogen) atoms. The molecule has 0 saturated heterocycles. The summed E-state index contributed by atoms with van der Waals surface area (Å²) in [6.45, 7) is 3.37. The summed E-state index contributed by atoms with van der Waals surface area (Å²) >= 11 is 5.83. The minimum absolute atomic E-state index is 0.0603. The van der Waals surface area contributed by atoms with Gasteiger partial charge in [-0.15, -0.1) is 0 Å². The van der Waals surface area contributed by atoms with Gasteiger partial charge in [0.2, 0.25) is 10.0 Å². The molecule has 1 rings (SSSR count). The van der Waals surface area contributed by atoms with Gasteiger partial charge in [0.15, 0.2) is 0 Å². The summed E-state index contributed by atoms with van der Waals surface area (Å²) in [7, 11) is -2.19. The van der Waals surface area contributed by atoms with Crippen molar-refractivity contribution >= 4 is 21.6 Å². The van der Waals surface area contributed by atoms with Crippen molar-refractivity contribution in [3.05, 3.63) is 28.8 Å². The second-order valence-corrected chi connectivity index (χ2v) is 6.92. The molecule has 5 nitrogen and oxygen atoms in total. The highest BCUT2D eigenvalue weighted by Crippen LogP contribution is 2.21. The lowest BCUT2D eigenvalue weighted by Crippen LogP contribution is -2.46. The average molecular weight is 308 g/mol. The number of benzene rings is 1. The fourth-order valence-corrected chi connectivity index (χ4v) is 3.28. The number of methoxy groups -OCH3 is 1. The van der Waals surface area contributed by atoms with Crippen LogP contribution < -0.4 is 4.72 Å². The summed E-state index contributed by atoms with van der Waals surface area (Å²) in [5.74, 6) is 0. The van der Waals surface area contributed by atoms with Crippen LogP contribution in [-0.2, 0) is 21.4 Å². The first-order valence-electron chi connectivity index (χ1n) is 5.64. The van der Waals surface area contributed by atoms with Crippen LogP contribution in [0.3, 0.4) is 0 Å². The van der Waals surface area contributed by atoms with Crippen LogP contribution in [0.15, 0.2) is 23.1 Å². The van der Waals surface area contributed by atoms with Crippen LogP contribution in [0.5, 0.6) is 0 Å². The summed E-state index contributed by atoms with van der Waals surface area (Å²) in [5, 5.41) is 9.44. The summed E-state index contributed by atoms with van der Waals surface area (Å²) < 4.78 is 31.9. The molecule has 0 unspecified atom stereocenters. The van der Waals surface area contributed by atoms with E-state index in [1.165, 1.54) is 25.3 Å². The molecule has 1 aromatic rings. The first kappa shape index (κ1) is 16.4.